The topological polar surface area (TPSA) is 14.8 Å². The molecule has 3 aromatic heterocycles. The Morgan fingerprint density at radius 1 is 0.305 bits per heavy atom. The lowest BCUT2D eigenvalue weighted by Crippen LogP contribution is -2.49. The summed E-state index contributed by atoms with van der Waals surface area (Å²) in [4.78, 5) is 0. The lowest BCUT2D eigenvalue weighted by molar-refractivity contribution is 0.0426. The van der Waals surface area contributed by atoms with E-state index in [4.69, 9.17) is 0 Å². The quantitative estimate of drug-likeness (QED) is 0.153. The highest BCUT2D eigenvalue weighted by atomic mass is 15.0. The van der Waals surface area contributed by atoms with E-state index >= 15 is 0 Å². The van der Waals surface area contributed by atoms with Gasteiger partial charge in [-0.15, -0.1) is 0 Å². The average molecular weight is 1050 g/mol. The summed E-state index contributed by atoms with van der Waals surface area (Å²) in [5.74, 6) is 2.89. The fraction of sp³-hybridized carbons (Fsp3) is 0.139. The van der Waals surface area contributed by atoms with Crippen LogP contribution in [0.15, 0.2) is 249 Å². The smallest absolute Gasteiger partial charge is 0.0547 e. The molecular formula is C79H59N3. The fourth-order valence-electron chi connectivity index (χ4n) is 17.1. The van der Waals surface area contributed by atoms with E-state index in [-0.39, 0.29) is 5.41 Å². The number of fused-ring (bicyclic) bond motifs is 20. The molecule has 390 valence electrons. The molecule has 0 saturated heterocycles. The third-order valence-corrected chi connectivity index (χ3v) is 20.3. The Morgan fingerprint density at radius 3 is 1.35 bits per heavy atom. The largest absolute Gasteiger partial charge is 0.309 e. The Hall–Kier alpha value is -9.44. The monoisotopic (exact) mass is 1050 g/mol. The van der Waals surface area contributed by atoms with E-state index in [2.05, 4.69) is 276 Å². The molecule has 0 aliphatic heterocycles. The van der Waals surface area contributed by atoms with Crippen LogP contribution in [0.2, 0.25) is 0 Å². The average Bonchev–Trinajstić information content (AvgIpc) is 2.42. The number of benzene rings is 12. The molecule has 5 atom stereocenters. The molecule has 3 heterocycles. The minimum absolute atomic E-state index is 0.0539. The van der Waals surface area contributed by atoms with Gasteiger partial charge in [0.15, 0.2) is 0 Å². The lowest BCUT2D eigenvalue weighted by Gasteiger charge is -2.54. The first-order valence-electron chi connectivity index (χ1n) is 29.8. The molecule has 18 rings (SSSR count). The van der Waals surface area contributed by atoms with Gasteiger partial charge >= 0.3 is 0 Å². The molecular weight excluding hydrogens is 991 g/mol. The summed E-state index contributed by atoms with van der Waals surface area (Å²) in [6.45, 7) is 5.09. The Bertz CT molecular complexity index is 5170. The van der Waals surface area contributed by atoms with Crippen molar-refractivity contribution in [2.24, 2.45) is 23.7 Å². The molecule has 5 unspecified atom stereocenters. The van der Waals surface area contributed by atoms with Crippen LogP contribution in [-0.2, 0) is 5.41 Å². The van der Waals surface area contributed by atoms with Crippen LogP contribution in [0.25, 0.3) is 137 Å². The van der Waals surface area contributed by atoms with E-state index in [1.165, 1.54) is 146 Å². The highest BCUT2D eigenvalue weighted by molar-refractivity contribution is 6.14. The third-order valence-electron chi connectivity index (χ3n) is 20.3. The van der Waals surface area contributed by atoms with Crippen LogP contribution >= 0.6 is 0 Å². The van der Waals surface area contributed by atoms with Crippen molar-refractivity contribution in [2.75, 3.05) is 0 Å². The van der Waals surface area contributed by atoms with Crippen LogP contribution in [0.3, 0.4) is 0 Å². The summed E-state index contributed by atoms with van der Waals surface area (Å²) >= 11 is 0. The predicted molar refractivity (Wildman–Crippen MR) is 345 cm³/mol. The van der Waals surface area contributed by atoms with Gasteiger partial charge in [-0.05, 0) is 194 Å². The van der Waals surface area contributed by atoms with Gasteiger partial charge in [0, 0.05) is 54.8 Å². The number of hydrogen-bond acceptors (Lipinski definition) is 0. The molecule has 82 heavy (non-hydrogen) atoms. The minimum Gasteiger partial charge on any atom is -0.309 e. The maximum Gasteiger partial charge on any atom is 0.0547 e. The van der Waals surface area contributed by atoms with E-state index in [1.807, 2.05) is 0 Å². The molecule has 2 bridgehead atoms. The molecule has 3 nitrogen and oxygen atoms in total. The molecule has 2 fully saturated rings. The second-order valence-electron chi connectivity index (χ2n) is 24.6. The molecule has 0 radical (unpaired) electrons. The van der Waals surface area contributed by atoms with E-state index < -0.39 is 0 Å². The van der Waals surface area contributed by atoms with Crippen molar-refractivity contribution in [1.29, 1.82) is 0 Å². The maximum atomic E-state index is 2.62. The van der Waals surface area contributed by atoms with Crippen molar-refractivity contribution < 1.29 is 0 Å². The first-order valence-corrected chi connectivity index (χ1v) is 29.8. The van der Waals surface area contributed by atoms with Crippen molar-refractivity contribution in [1.82, 2.24) is 13.7 Å². The zero-order chi connectivity index (χ0) is 53.9. The highest BCUT2D eigenvalue weighted by Crippen LogP contribution is 2.65. The maximum absolute atomic E-state index is 2.62. The number of rotatable bonds is 5. The van der Waals surface area contributed by atoms with Gasteiger partial charge in [0.05, 0.1) is 33.1 Å². The standard InChI is InChI=1S/C79H59N3/c1-48-39-50-41-49(2)79(57(40-48)42-50)71-19-9-5-15-63(71)64-34-25-52(44-72(64)79)53-26-35-68-65-16-6-10-20-73(65)80(76(68)45-53)58-29-31-59(32-30-58)81-74-21-11-7-17-66(74)69-36-27-54(46-77(69)81)55-28-37-70-67-18-8-12-22-75(67)82(78(70)47-55)60-33-38-62-56(43-60)24-23-51-13-3-4-14-61(51)62/h3-38,43-50,57H,39-42H2,1-2H3. The van der Waals surface area contributed by atoms with E-state index in [9.17, 15) is 0 Å². The Balaban J connectivity index is 0.747. The van der Waals surface area contributed by atoms with Crippen LogP contribution < -0.4 is 0 Å². The van der Waals surface area contributed by atoms with Gasteiger partial charge in [-0.25, -0.2) is 0 Å². The van der Waals surface area contributed by atoms with Crippen molar-refractivity contribution in [3.8, 4) is 50.4 Å². The van der Waals surface area contributed by atoms with Gasteiger partial charge in [0.2, 0.25) is 0 Å². The van der Waals surface area contributed by atoms with Crippen molar-refractivity contribution in [3.63, 3.8) is 0 Å². The predicted octanol–water partition coefficient (Wildman–Crippen LogP) is 21.0. The van der Waals surface area contributed by atoms with E-state index in [0.29, 0.717) is 11.8 Å². The van der Waals surface area contributed by atoms with Gasteiger partial charge < -0.3 is 13.7 Å². The molecule has 2 saturated carbocycles. The van der Waals surface area contributed by atoms with Crippen LogP contribution in [-0.4, -0.2) is 13.7 Å². The highest BCUT2D eigenvalue weighted by Gasteiger charge is 2.56. The first-order chi connectivity index (χ1) is 40.4. The lowest BCUT2D eigenvalue weighted by atomic mass is 9.49. The van der Waals surface area contributed by atoms with Crippen molar-refractivity contribution in [3.05, 3.63) is 260 Å². The van der Waals surface area contributed by atoms with Crippen LogP contribution in [0.1, 0.15) is 50.7 Å². The van der Waals surface area contributed by atoms with Crippen LogP contribution in [0.4, 0.5) is 0 Å². The SMILES string of the molecule is CC1CC2CC(C)C3(c4ccccc4-c4ccc(-c5ccc6c7ccccc7n(-c7ccc(-n8c9ccccc9c9ccc(-c%10ccc%11c%12ccccc%12n(-c%12ccc%13c(ccc%14ccccc%14%13)c%12)c%11c%10)cc98)cc7)c6c5)cc43)C(C1)C2. The van der Waals surface area contributed by atoms with Crippen LogP contribution in [0, 0.1) is 23.7 Å². The second-order valence-corrected chi connectivity index (χ2v) is 24.6. The molecule has 3 aliphatic rings. The summed E-state index contributed by atoms with van der Waals surface area (Å²) in [5, 5.41) is 12.6. The third kappa shape index (κ3) is 6.48. The molecule has 3 aliphatic carbocycles. The minimum atomic E-state index is 0.0539. The molecule has 1 spiro atoms. The second kappa shape index (κ2) is 17.3. The number of aromatic nitrogens is 3. The summed E-state index contributed by atoms with van der Waals surface area (Å²) < 4.78 is 7.42. The van der Waals surface area contributed by atoms with Gasteiger partial charge in [0.25, 0.3) is 0 Å². The molecule has 12 aromatic carbocycles. The first kappa shape index (κ1) is 46.3. The van der Waals surface area contributed by atoms with Gasteiger partial charge in [-0.2, -0.15) is 0 Å². The van der Waals surface area contributed by atoms with Gasteiger partial charge in [-0.3, -0.25) is 0 Å². The summed E-state index contributed by atoms with van der Waals surface area (Å²) in [6, 6.07) is 94.4. The molecule has 3 heteroatoms. The molecule has 0 N–H and O–H groups in total. The Morgan fingerprint density at radius 2 is 0.744 bits per heavy atom. The van der Waals surface area contributed by atoms with Crippen molar-refractivity contribution >= 4 is 87.0 Å². The molecule has 15 aromatic rings. The Labute approximate surface area is 476 Å². The van der Waals surface area contributed by atoms with E-state index in [1.54, 1.807) is 11.1 Å². The summed E-state index contributed by atoms with van der Waals surface area (Å²) in [6.07, 6.45) is 5.38. The van der Waals surface area contributed by atoms with E-state index in [0.717, 1.165) is 28.9 Å². The summed E-state index contributed by atoms with van der Waals surface area (Å²) in [5.41, 5.74) is 21.8. The van der Waals surface area contributed by atoms with Crippen LogP contribution in [0.5, 0.6) is 0 Å². The fourth-order valence-corrected chi connectivity index (χ4v) is 17.1. The zero-order valence-electron chi connectivity index (χ0n) is 46.2. The number of para-hydroxylation sites is 3. The summed E-state index contributed by atoms with van der Waals surface area (Å²) in [7, 11) is 0. The zero-order valence-corrected chi connectivity index (χ0v) is 46.2. The Kier molecular flexibility index (Phi) is 9.77. The van der Waals surface area contributed by atoms with Crippen molar-refractivity contribution in [2.45, 2.75) is 44.9 Å². The van der Waals surface area contributed by atoms with Gasteiger partial charge in [0.1, 0.15) is 0 Å². The molecule has 0 amide bonds. The number of nitrogens with zero attached hydrogens (tertiary/aromatic N) is 3. The number of hydrogen-bond donors (Lipinski definition) is 0. The normalized spacial score (nSPS) is 19.4. The van der Waals surface area contributed by atoms with Gasteiger partial charge in [-0.1, -0.05) is 184 Å².